The minimum atomic E-state index is -3.54. The first-order valence-electron chi connectivity index (χ1n) is 9.95. The molecule has 1 aliphatic rings. The van der Waals surface area contributed by atoms with E-state index in [0.29, 0.717) is 18.8 Å². The Kier molecular flexibility index (Phi) is 5.74. The average molecular weight is 425 g/mol. The van der Waals surface area contributed by atoms with Gasteiger partial charge >= 0.3 is 0 Å². The summed E-state index contributed by atoms with van der Waals surface area (Å²) in [4.78, 5) is 14.8. The minimum Gasteiger partial charge on any atom is -0.480 e. The van der Waals surface area contributed by atoms with Crippen molar-refractivity contribution < 1.29 is 17.9 Å². The van der Waals surface area contributed by atoms with Crippen LogP contribution in [0.1, 0.15) is 6.92 Å². The third-order valence-corrected chi connectivity index (χ3v) is 7.25. The molecule has 0 aliphatic carbocycles. The van der Waals surface area contributed by atoms with Gasteiger partial charge in [0.25, 0.3) is 5.91 Å². The number of ether oxygens (including phenoxy) is 1. The van der Waals surface area contributed by atoms with E-state index in [9.17, 15) is 13.2 Å². The lowest BCUT2D eigenvalue weighted by Crippen LogP contribution is -2.53. The summed E-state index contributed by atoms with van der Waals surface area (Å²) < 4.78 is 32.9. The van der Waals surface area contributed by atoms with E-state index >= 15 is 0 Å². The van der Waals surface area contributed by atoms with Crippen molar-refractivity contribution in [3.8, 4) is 5.75 Å². The van der Waals surface area contributed by atoms with Gasteiger partial charge in [0.2, 0.25) is 10.0 Å². The highest BCUT2D eigenvalue weighted by atomic mass is 32.2. The van der Waals surface area contributed by atoms with Gasteiger partial charge < -0.3 is 9.64 Å². The van der Waals surface area contributed by atoms with Crippen molar-refractivity contribution in [2.45, 2.75) is 17.9 Å². The third-order valence-electron chi connectivity index (χ3n) is 5.33. The number of sulfonamides is 1. The van der Waals surface area contributed by atoms with Crippen molar-refractivity contribution in [3.63, 3.8) is 0 Å². The molecule has 156 valence electrons. The average Bonchev–Trinajstić information content (AvgIpc) is 2.79. The molecule has 1 aliphatic heterocycles. The quantitative estimate of drug-likeness (QED) is 0.631. The number of amides is 1. The first kappa shape index (κ1) is 20.4. The summed E-state index contributed by atoms with van der Waals surface area (Å²) in [7, 11) is -3.54. The number of hydrogen-bond donors (Lipinski definition) is 0. The number of nitrogens with zero attached hydrogens (tertiary/aromatic N) is 2. The van der Waals surface area contributed by atoms with Crippen LogP contribution in [0.25, 0.3) is 10.8 Å². The van der Waals surface area contributed by atoms with Crippen LogP contribution in [0.2, 0.25) is 0 Å². The van der Waals surface area contributed by atoms with Gasteiger partial charge in [-0.15, -0.1) is 0 Å². The lowest BCUT2D eigenvalue weighted by molar-refractivity contribution is -0.139. The zero-order chi connectivity index (χ0) is 21.1. The maximum Gasteiger partial charge on any atom is 0.263 e. The Labute approximate surface area is 176 Å². The minimum absolute atomic E-state index is 0.139. The molecule has 0 aromatic heterocycles. The summed E-state index contributed by atoms with van der Waals surface area (Å²) >= 11 is 0. The van der Waals surface area contributed by atoms with E-state index in [2.05, 4.69) is 0 Å². The first-order chi connectivity index (χ1) is 14.5. The van der Waals surface area contributed by atoms with Crippen molar-refractivity contribution in [2.75, 3.05) is 26.2 Å². The largest absolute Gasteiger partial charge is 0.480 e. The van der Waals surface area contributed by atoms with Crippen molar-refractivity contribution in [1.29, 1.82) is 0 Å². The van der Waals surface area contributed by atoms with Gasteiger partial charge in [-0.1, -0.05) is 54.6 Å². The van der Waals surface area contributed by atoms with Crippen molar-refractivity contribution in [3.05, 3.63) is 72.8 Å². The second-order valence-electron chi connectivity index (χ2n) is 7.28. The topological polar surface area (TPSA) is 66.9 Å². The van der Waals surface area contributed by atoms with E-state index < -0.39 is 16.1 Å². The predicted octanol–water partition coefficient (Wildman–Crippen LogP) is 3.14. The van der Waals surface area contributed by atoms with Crippen LogP contribution >= 0.6 is 0 Å². The fraction of sp³-hybridized carbons (Fsp3) is 0.261. The molecule has 7 heteroatoms. The Balaban J connectivity index is 1.40. The summed E-state index contributed by atoms with van der Waals surface area (Å²) in [5.74, 6) is 0.527. The molecule has 1 saturated heterocycles. The normalized spacial score (nSPS) is 16.4. The molecule has 0 bridgehead atoms. The van der Waals surface area contributed by atoms with Gasteiger partial charge in [0.1, 0.15) is 5.75 Å². The van der Waals surface area contributed by atoms with E-state index in [-0.39, 0.29) is 23.9 Å². The van der Waals surface area contributed by atoms with Crippen LogP contribution in [0, 0.1) is 0 Å². The van der Waals surface area contributed by atoms with Crippen LogP contribution in [-0.2, 0) is 14.8 Å². The molecular weight excluding hydrogens is 400 g/mol. The second-order valence-corrected chi connectivity index (χ2v) is 9.22. The molecule has 6 nitrogen and oxygen atoms in total. The van der Waals surface area contributed by atoms with Gasteiger partial charge in [-0.25, -0.2) is 8.42 Å². The molecule has 0 spiro atoms. The van der Waals surface area contributed by atoms with Crippen LogP contribution in [0.3, 0.4) is 0 Å². The van der Waals surface area contributed by atoms with E-state index in [1.807, 2.05) is 42.5 Å². The standard InChI is InChI=1S/C23H24N2O4S/c1-18(29-22-13-7-9-19-8-5-6-12-21(19)22)23(26)24-14-16-25(17-15-24)30(27,28)20-10-3-2-4-11-20/h2-13,18H,14-17H2,1H3/t18-/m1/s1. The van der Waals surface area contributed by atoms with Crippen LogP contribution in [0.15, 0.2) is 77.7 Å². The lowest BCUT2D eigenvalue weighted by atomic mass is 10.1. The molecule has 3 aromatic carbocycles. The summed E-state index contributed by atoms with van der Waals surface area (Å²) in [6.45, 7) is 2.95. The molecular formula is C23H24N2O4S. The molecule has 30 heavy (non-hydrogen) atoms. The maximum absolute atomic E-state index is 12.9. The highest BCUT2D eigenvalue weighted by Gasteiger charge is 2.32. The second kappa shape index (κ2) is 8.45. The number of hydrogen-bond acceptors (Lipinski definition) is 4. The number of fused-ring (bicyclic) bond motifs is 1. The fourth-order valence-electron chi connectivity index (χ4n) is 3.69. The van der Waals surface area contributed by atoms with E-state index in [0.717, 1.165) is 10.8 Å². The fourth-order valence-corrected chi connectivity index (χ4v) is 5.13. The number of benzene rings is 3. The third kappa shape index (κ3) is 4.04. The van der Waals surface area contributed by atoms with E-state index in [1.165, 1.54) is 4.31 Å². The summed E-state index contributed by atoms with van der Waals surface area (Å²) in [6.07, 6.45) is -0.659. The number of rotatable bonds is 5. The van der Waals surface area contributed by atoms with Gasteiger partial charge in [-0.05, 0) is 30.5 Å². The highest BCUT2D eigenvalue weighted by Crippen LogP contribution is 2.26. The smallest absolute Gasteiger partial charge is 0.263 e. The van der Waals surface area contributed by atoms with E-state index in [1.54, 1.807) is 42.2 Å². The molecule has 0 N–H and O–H groups in total. The molecule has 1 fully saturated rings. The van der Waals surface area contributed by atoms with Gasteiger partial charge in [0.05, 0.1) is 4.90 Å². The Morgan fingerprint density at radius 1 is 0.867 bits per heavy atom. The van der Waals surface area contributed by atoms with Crippen LogP contribution in [0.5, 0.6) is 5.75 Å². The first-order valence-corrected chi connectivity index (χ1v) is 11.4. The molecule has 1 atom stereocenters. The van der Waals surface area contributed by atoms with Gasteiger partial charge in [0.15, 0.2) is 6.10 Å². The Bertz CT molecular complexity index is 1130. The Morgan fingerprint density at radius 2 is 1.50 bits per heavy atom. The Morgan fingerprint density at radius 3 is 2.23 bits per heavy atom. The van der Waals surface area contributed by atoms with Gasteiger partial charge in [-0.2, -0.15) is 4.31 Å². The number of carbonyl (C=O) groups excluding carboxylic acids is 1. The van der Waals surface area contributed by atoms with Crippen LogP contribution in [-0.4, -0.2) is 55.8 Å². The zero-order valence-electron chi connectivity index (χ0n) is 16.8. The van der Waals surface area contributed by atoms with Crippen molar-refractivity contribution >= 4 is 26.7 Å². The van der Waals surface area contributed by atoms with Gasteiger partial charge in [0, 0.05) is 31.6 Å². The van der Waals surface area contributed by atoms with Gasteiger partial charge in [-0.3, -0.25) is 4.79 Å². The van der Waals surface area contributed by atoms with Crippen LogP contribution in [0.4, 0.5) is 0 Å². The molecule has 0 unspecified atom stereocenters. The zero-order valence-corrected chi connectivity index (χ0v) is 17.6. The monoisotopic (exact) mass is 424 g/mol. The molecule has 0 saturated carbocycles. The van der Waals surface area contributed by atoms with Crippen LogP contribution < -0.4 is 4.74 Å². The molecule has 4 rings (SSSR count). The molecule has 1 heterocycles. The number of piperazine rings is 1. The summed E-state index contributed by atoms with van der Waals surface area (Å²) in [6, 6.07) is 22.0. The number of carbonyl (C=O) groups is 1. The van der Waals surface area contributed by atoms with Crippen molar-refractivity contribution in [1.82, 2.24) is 9.21 Å². The summed E-state index contributed by atoms with van der Waals surface area (Å²) in [5.41, 5.74) is 0. The molecule has 3 aromatic rings. The van der Waals surface area contributed by atoms with E-state index in [4.69, 9.17) is 4.74 Å². The Hall–Kier alpha value is -2.90. The predicted molar refractivity (Wildman–Crippen MR) is 116 cm³/mol. The summed E-state index contributed by atoms with van der Waals surface area (Å²) in [5, 5.41) is 2.01. The molecule has 1 amide bonds. The molecule has 0 radical (unpaired) electrons. The van der Waals surface area contributed by atoms with Crippen molar-refractivity contribution in [2.24, 2.45) is 0 Å². The lowest BCUT2D eigenvalue weighted by Gasteiger charge is -2.35. The SMILES string of the molecule is C[C@@H](Oc1cccc2ccccc12)C(=O)N1CCN(S(=O)(=O)c2ccccc2)CC1. The maximum atomic E-state index is 12.9. The highest BCUT2D eigenvalue weighted by molar-refractivity contribution is 7.89.